The molecule has 0 aromatic heterocycles. The van der Waals surface area contributed by atoms with Gasteiger partial charge in [-0.15, -0.1) is 0 Å². The van der Waals surface area contributed by atoms with Crippen LogP contribution in [0.1, 0.15) is 24.2 Å². The lowest BCUT2D eigenvalue weighted by atomic mass is 10.1. The van der Waals surface area contributed by atoms with Crippen molar-refractivity contribution in [1.29, 1.82) is 0 Å². The Morgan fingerprint density at radius 2 is 1.75 bits per heavy atom. The van der Waals surface area contributed by atoms with Crippen LogP contribution in [0.5, 0.6) is 11.5 Å². The number of hydrazone groups is 1. The Hall–Kier alpha value is -2.86. The van der Waals surface area contributed by atoms with Gasteiger partial charge < -0.3 is 14.6 Å². The van der Waals surface area contributed by atoms with Crippen molar-refractivity contribution in [1.82, 2.24) is 5.43 Å². The molecule has 0 spiro atoms. The van der Waals surface area contributed by atoms with Crippen molar-refractivity contribution < 1.29 is 19.4 Å². The molecule has 0 bridgehead atoms. The first-order valence-corrected chi connectivity index (χ1v) is 7.36. The zero-order valence-electron chi connectivity index (χ0n) is 13.8. The van der Waals surface area contributed by atoms with Gasteiger partial charge in [-0.05, 0) is 30.7 Å². The SMILES string of the molecule is COc1ccc(C(C)=NNC(=O)C(O)c2ccccc2)cc1OC. The lowest BCUT2D eigenvalue weighted by molar-refractivity contribution is -0.129. The van der Waals surface area contributed by atoms with E-state index >= 15 is 0 Å². The number of hydrogen-bond acceptors (Lipinski definition) is 5. The minimum atomic E-state index is -1.27. The van der Waals surface area contributed by atoms with Gasteiger partial charge in [-0.1, -0.05) is 30.3 Å². The maximum Gasteiger partial charge on any atom is 0.273 e. The number of rotatable bonds is 6. The average molecular weight is 328 g/mol. The Bertz CT molecular complexity index is 729. The zero-order chi connectivity index (χ0) is 17.5. The van der Waals surface area contributed by atoms with E-state index in [1.807, 2.05) is 6.07 Å². The molecule has 2 aromatic rings. The van der Waals surface area contributed by atoms with E-state index in [0.717, 1.165) is 5.56 Å². The van der Waals surface area contributed by atoms with Gasteiger partial charge in [-0.3, -0.25) is 4.79 Å². The minimum absolute atomic E-state index is 0.508. The van der Waals surface area contributed by atoms with Gasteiger partial charge in [-0.25, -0.2) is 5.43 Å². The molecule has 0 aliphatic carbocycles. The molecule has 24 heavy (non-hydrogen) atoms. The second-order valence-electron chi connectivity index (χ2n) is 5.06. The second-order valence-corrected chi connectivity index (χ2v) is 5.06. The summed E-state index contributed by atoms with van der Waals surface area (Å²) >= 11 is 0. The molecule has 0 saturated heterocycles. The fourth-order valence-electron chi connectivity index (χ4n) is 2.11. The smallest absolute Gasteiger partial charge is 0.273 e. The van der Waals surface area contributed by atoms with E-state index in [1.165, 1.54) is 0 Å². The van der Waals surface area contributed by atoms with E-state index in [-0.39, 0.29) is 0 Å². The van der Waals surface area contributed by atoms with Crippen molar-refractivity contribution in [2.75, 3.05) is 14.2 Å². The van der Waals surface area contributed by atoms with E-state index in [2.05, 4.69) is 10.5 Å². The van der Waals surface area contributed by atoms with Gasteiger partial charge in [0.25, 0.3) is 5.91 Å². The molecule has 0 saturated carbocycles. The summed E-state index contributed by atoms with van der Waals surface area (Å²) in [7, 11) is 3.11. The van der Waals surface area contributed by atoms with Crippen LogP contribution in [-0.4, -0.2) is 30.9 Å². The van der Waals surface area contributed by atoms with Crippen LogP contribution in [0, 0.1) is 0 Å². The molecule has 2 N–H and O–H groups in total. The molecule has 1 amide bonds. The van der Waals surface area contributed by atoms with Gasteiger partial charge in [0.1, 0.15) is 0 Å². The minimum Gasteiger partial charge on any atom is -0.493 e. The Labute approximate surface area is 140 Å². The van der Waals surface area contributed by atoms with Gasteiger partial charge in [-0.2, -0.15) is 5.10 Å². The molecule has 1 atom stereocenters. The molecule has 0 radical (unpaired) electrons. The molecule has 0 heterocycles. The van der Waals surface area contributed by atoms with Crippen molar-refractivity contribution in [3.63, 3.8) is 0 Å². The fraction of sp³-hybridized carbons (Fsp3) is 0.222. The number of aliphatic hydroxyl groups is 1. The summed E-state index contributed by atoms with van der Waals surface area (Å²) < 4.78 is 10.4. The molecule has 6 nitrogen and oxygen atoms in total. The van der Waals surface area contributed by atoms with Crippen LogP contribution < -0.4 is 14.9 Å². The van der Waals surface area contributed by atoms with Crippen LogP contribution in [0.4, 0.5) is 0 Å². The third-order valence-electron chi connectivity index (χ3n) is 3.50. The summed E-state index contributed by atoms with van der Waals surface area (Å²) in [6.45, 7) is 1.75. The van der Waals surface area contributed by atoms with Crippen LogP contribution >= 0.6 is 0 Å². The highest BCUT2D eigenvalue weighted by Crippen LogP contribution is 2.27. The van der Waals surface area contributed by atoms with Crippen LogP contribution in [-0.2, 0) is 4.79 Å². The van der Waals surface area contributed by atoms with E-state index in [4.69, 9.17) is 9.47 Å². The third kappa shape index (κ3) is 4.11. The van der Waals surface area contributed by atoms with Crippen LogP contribution in [0.15, 0.2) is 53.6 Å². The summed E-state index contributed by atoms with van der Waals surface area (Å²) in [5.74, 6) is 0.582. The predicted molar refractivity (Wildman–Crippen MR) is 91.3 cm³/mol. The molecular formula is C18H20N2O4. The van der Waals surface area contributed by atoms with Crippen molar-refractivity contribution >= 4 is 11.6 Å². The number of carbonyl (C=O) groups excluding carboxylic acids is 1. The van der Waals surface area contributed by atoms with Gasteiger partial charge in [0.05, 0.1) is 19.9 Å². The number of aliphatic hydroxyl groups excluding tert-OH is 1. The largest absolute Gasteiger partial charge is 0.493 e. The third-order valence-corrected chi connectivity index (χ3v) is 3.50. The summed E-state index contributed by atoms with van der Waals surface area (Å²) in [5.41, 5.74) is 4.22. The summed E-state index contributed by atoms with van der Waals surface area (Å²) in [6.07, 6.45) is -1.27. The summed E-state index contributed by atoms with van der Waals surface area (Å²) in [5, 5.41) is 14.0. The first-order valence-electron chi connectivity index (χ1n) is 7.36. The second kappa shape index (κ2) is 8.12. The lowest BCUT2D eigenvalue weighted by Crippen LogP contribution is -2.26. The van der Waals surface area contributed by atoms with Crippen LogP contribution in [0.3, 0.4) is 0 Å². The summed E-state index contributed by atoms with van der Waals surface area (Å²) in [6, 6.07) is 14.0. The van der Waals surface area contributed by atoms with Crippen molar-refractivity contribution in [2.45, 2.75) is 13.0 Å². The standard InChI is InChI=1S/C18H20N2O4/c1-12(14-9-10-15(23-2)16(11-14)24-3)19-20-18(22)17(21)13-7-5-4-6-8-13/h4-11,17,21H,1-3H3,(H,20,22). The predicted octanol–water partition coefficient (Wildman–Crippen LogP) is 2.28. The molecule has 2 rings (SSSR count). The van der Waals surface area contributed by atoms with E-state index in [1.54, 1.807) is 63.6 Å². The Balaban J connectivity index is 2.10. The van der Waals surface area contributed by atoms with Crippen LogP contribution in [0.2, 0.25) is 0 Å². The maximum atomic E-state index is 12.0. The monoisotopic (exact) mass is 328 g/mol. The molecule has 0 fully saturated rings. The van der Waals surface area contributed by atoms with E-state index in [9.17, 15) is 9.90 Å². The first kappa shape index (κ1) is 17.5. The molecule has 0 aliphatic heterocycles. The Morgan fingerprint density at radius 3 is 2.38 bits per heavy atom. The normalized spacial score (nSPS) is 12.4. The van der Waals surface area contributed by atoms with Crippen molar-refractivity contribution in [3.8, 4) is 11.5 Å². The Morgan fingerprint density at radius 1 is 1.08 bits per heavy atom. The lowest BCUT2D eigenvalue weighted by Gasteiger charge is -2.11. The molecule has 126 valence electrons. The highest BCUT2D eigenvalue weighted by Gasteiger charge is 2.16. The highest BCUT2D eigenvalue weighted by molar-refractivity contribution is 6.00. The number of ether oxygens (including phenoxy) is 2. The first-order chi connectivity index (χ1) is 11.6. The van der Waals surface area contributed by atoms with Crippen LogP contribution in [0.25, 0.3) is 0 Å². The quantitative estimate of drug-likeness (QED) is 0.630. The van der Waals surface area contributed by atoms with Gasteiger partial charge >= 0.3 is 0 Å². The topological polar surface area (TPSA) is 80.2 Å². The highest BCUT2D eigenvalue weighted by atomic mass is 16.5. The number of benzene rings is 2. The van der Waals surface area contributed by atoms with Gasteiger partial charge in [0.2, 0.25) is 0 Å². The molecule has 1 unspecified atom stereocenters. The Kier molecular flexibility index (Phi) is 5.92. The fourth-order valence-corrected chi connectivity index (χ4v) is 2.11. The number of nitrogens with one attached hydrogen (secondary N) is 1. The number of carbonyl (C=O) groups is 1. The summed E-state index contributed by atoms with van der Waals surface area (Å²) in [4.78, 5) is 12.0. The number of hydrogen-bond donors (Lipinski definition) is 2. The average Bonchev–Trinajstić information content (AvgIpc) is 2.65. The maximum absolute atomic E-state index is 12.0. The van der Waals surface area contributed by atoms with Crippen molar-refractivity contribution in [2.24, 2.45) is 5.10 Å². The van der Waals surface area contributed by atoms with Gasteiger partial charge in [0, 0.05) is 5.56 Å². The van der Waals surface area contributed by atoms with E-state index < -0.39 is 12.0 Å². The van der Waals surface area contributed by atoms with Gasteiger partial charge in [0.15, 0.2) is 17.6 Å². The zero-order valence-corrected chi connectivity index (χ0v) is 13.8. The molecule has 6 heteroatoms. The van der Waals surface area contributed by atoms with E-state index in [0.29, 0.717) is 22.8 Å². The number of nitrogens with zero attached hydrogens (tertiary/aromatic N) is 1. The molecule has 0 aliphatic rings. The molecular weight excluding hydrogens is 308 g/mol. The van der Waals surface area contributed by atoms with Crippen molar-refractivity contribution in [3.05, 3.63) is 59.7 Å². The molecule has 2 aromatic carbocycles. The number of methoxy groups -OCH3 is 2. The number of amides is 1.